The molecule has 0 spiro atoms. The molecule has 7 nitrogen and oxygen atoms in total. The Morgan fingerprint density at radius 3 is 2.54 bits per heavy atom. The van der Waals surface area contributed by atoms with Crippen molar-refractivity contribution < 1.29 is 33.3 Å². The summed E-state index contributed by atoms with van der Waals surface area (Å²) >= 11 is 0. The summed E-state index contributed by atoms with van der Waals surface area (Å²) in [5.74, 6) is -2.54. The van der Waals surface area contributed by atoms with Crippen molar-refractivity contribution in [3.8, 4) is 0 Å². The summed E-state index contributed by atoms with van der Waals surface area (Å²) in [6.45, 7) is 3.79. The van der Waals surface area contributed by atoms with Crippen molar-refractivity contribution in [1.82, 2.24) is 0 Å². The average Bonchev–Trinajstić information content (AvgIpc) is 2.89. The summed E-state index contributed by atoms with van der Waals surface area (Å²) in [7, 11) is 1.44. The SMILES string of the molecule is CO[C@H]1OC[C@@H]2OC(C)(C)O[C@@H]2[C@H]1OC(=O)C(=O)c1ccccc1. The van der Waals surface area contributed by atoms with Gasteiger partial charge >= 0.3 is 5.97 Å². The number of carbonyl (C=O) groups is 2. The molecular formula is C17H20O7. The van der Waals surface area contributed by atoms with Gasteiger partial charge in [-0.3, -0.25) is 4.79 Å². The summed E-state index contributed by atoms with van der Waals surface area (Å²) in [6, 6.07) is 8.21. The first kappa shape index (κ1) is 17.0. The molecule has 2 fully saturated rings. The van der Waals surface area contributed by atoms with Gasteiger partial charge in [-0.15, -0.1) is 0 Å². The number of methoxy groups -OCH3 is 1. The van der Waals surface area contributed by atoms with Crippen LogP contribution in [-0.2, 0) is 28.5 Å². The molecule has 0 unspecified atom stereocenters. The van der Waals surface area contributed by atoms with Crippen LogP contribution in [0.3, 0.4) is 0 Å². The number of Topliss-reactive ketones (excluding diaryl/α,β-unsaturated/α-hetero) is 1. The fourth-order valence-electron chi connectivity index (χ4n) is 2.92. The highest BCUT2D eigenvalue weighted by atomic mass is 16.8. The molecule has 0 bridgehead atoms. The molecule has 0 radical (unpaired) electrons. The van der Waals surface area contributed by atoms with Crippen LogP contribution < -0.4 is 0 Å². The molecule has 2 aliphatic rings. The Kier molecular flexibility index (Phi) is 4.69. The van der Waals surface area contributed by atoms with Gasteiger partial charge in [-0.25, -0.2) is 4.79 Å². The minimum atomic E-state index is -0.981. The number of hydrogen-bond acceptors (Lipinski definition) is 7. The van der Waals surface area contributed by atoms with Gasteiger partial charge in [0.2, 0.25) is 0 Å². The number of hydrogen-bond donors (Lipinski definition) is 0. The number of carbonyl (C=O) groups excluding carboxylic acids is 2. The standard InChI is InChI=1S/C17H20O7/c1-17(2)23-11-9-21-16(20-3)14(13(11)24-17)22-15(19)12(18)10-7-5-4-6-8-10/h4-8,11,13-14,16H,9H2,1-3H3/t11-,13-,14+,16-/m0/s1. The predicted octanol–water partition coefficient (Wildman–Crippen LogP) is 1.30. The maximum Gasteiger partial charge on any atom is 0.380 e. The Labute approximate surface area is 139 Å². The minimum absolute atomic E-state index is 0.257. The van der Waals surface area contributed by atoms with Crippen LogP contribution in [0.1, 0.15) is 24.2 Å². The van der Waals surface area contributed by atoms with Gasteiger partial charge in [0.15, 0.2) is 18.2 Å². The molecule has 2 heterocycles. The lowest BCUT2D eigenvalue weighted by atomic mass is 10.0. The van der Waals surface area contributed by atoms with E-state index in [1.165, 1.54) is 7.11 Å². The van der Waals surface area contributed by atoms with Crippen molar-refractivity contribution >= 4 is 11.8 Å². The van der Waals surface area contributed by atoms with Gasteiger partial charge in [-0.2, -0.15) is 0 Å². The first-order valence-corrected chi connectivity index (χ1v) is 7.71. The molecule has 1 aromatic carbocycles. The van der Waals surface area contributed by atoms with Crippen LogP contribution >= 0.6 is 0 Å². The second-order valence-corrected chi connectivity index (χ2v) is 6.14. The minimum Gasteiger partial charge on any atom is -0.448 e. The van der Waals surface area contributed by atoms with Crippen molar-refractivity contribution in [3.63, 3.8) is 0 Å². The average molecular weight is 336 g/mol. The molecule has 0 aromatic heterocycles. The summed E-state index contributed by atoms with van der Waals surface area (Å²) < 4.78 is 27.6. The molecule has 24 heavy (non-hydrogen) atoms. The summed E-state index contributed by atoms with van der Waals surface area (Å²) in [6.07, 6.45) is -2.67. The molecule has 2 aliphatic heterocycles. The van der Waals surface area contributed by atoms with Crippen molar-refractivity contribution in [2.75, 3.05) is 13.7 Å². The van der Waals surface area contributed by atoms with Gasteiger partial charge < -0.3 is 23.7 Å². The summed E-state index contributed by atoms with van der Waals surface area (Å²) in [5.41, 5.74) is 0.258. The molecule has 130 valence electrons. The zero-order valence-electron chi connectivity index (χ0n) is 13.8. The van der Waals surface area contributed by atoms with Crippen LogP contribution in [-0.4, -0.2) is 55.9 Å². The van der Waals surface area contributed by atoms with E-state index in [4.69, 9.17) is 23.7 Å². The first-order valence-electron chi connectivity index (χ1n) is 7.71. The van der Waals surface area contributed by atoms with E-state index < -0.39 is 42.1 Å². The highest BCUT2D eigenvalue weighted by Crippen LogP contribution is 2.36. The molecule has 4 atom stereocenters. The molecule has 0 aliphatic carbocycles. The largest absolute Gasteiger partial charge is 0.448 e. The fraction of sp³-hybridized carbons (Fsp3) is 0.529. The van der Waals surface area contributed by atoms with Gasteiger partial charge in [0.25, 0.3) is 5.78 Å². The highest BCUT2D eigenvalue weighted by Gasteiger charge is 2.53. The third kappa shape index (κ3) is 3.34. The Bertz CT molecular complexity index is 613. The van der Waals surface area contributed by atoms with Crippen molar-refractivity contribution in [2.45, 2.75) is 44.2 Å². The number of rotatable bonds is 4. The predicted molar refractivity (Wildman–Crippen MR) is 81.2 cm³/mol. The molecular weight excluding hydrogens is 316 g/mol. The fourth-order valence-corrected chi connectivity index (χ4v) is 2.92. The van der Waals surface area contributed by atoms with E-state index in [1.54, 1.807) is 44.2 Å². The summed E-state index contributed by atoms with van der Waals surface area (Å²) in [5, 5.41) is 0. The lowest BCUT2D eigenvalue weighted by molar-refractivity contribution is -0.249. The van der Waals surface area contributed by atoms with Crippen LogP contribution in [0, 0.1) is 0 Å². The van der Waals surface area contributed by atoms with E-state index in [1.807, 2.05) is 0 Å². The van der Waals surface area contributed by atoms with Gasteiger partial charge in [-0.1, -0.05) is 30.3 Å². The van der Waals surface area contributed by atoms with Gasteiger partial charge in [-0.05, 0) is 13.8 Å². The molecule has 0 N–H and O–H groups in total. The van der Waals surface area contributed by atoms with Crippen LogP contribution in [0.5, 0.6) is 0 Å². The molecule has 0 saturated carbocycles. The number of ketones is 1. The quantitative estimate of drug-likeness (QED) is 0.466. The lowest BCUT2D eigenvalue weighted by Crippen LogP contribution is -2.54. The van der Waals surface area contributed by atoms with Crippen LogP contribution in [0.2, 0.25) is 0 Å². The Morgan fingerprint density at radius 2 is 1.88 bits per heavy atom. The number of fused-ring (bicyclic) bond motifs is 1. The van der Waals surface area contributed by atoms with Gasteiger partial charge in [0.1, 0.15) is 12.2 Å². The third-order valence-electron chi connectivity index (χ3n) is 3.94. The molecule has 3 rings (SSSR count). The van der Waals surface area contributed by atoms with Gasteiger partial charge in [0, 0.05) is 12.7 Å². The van der Waals surface area contributed by atoms with E-state index in [0.717, 1.165) is 0 Å². The van der Waals surface area contributed by atoms with Crippen LogP contribution in [0.15, 0.2) is 30.3 Å². The molecule has 0 amide bonds. The topological polar surface area (TPSA) is 80.3 Å². The Balaban J connectivity index is 1.75. The second kappa shape index (κ2) is 6.60. The lowest BCUT2D eigenvalue weighted by Gasteiger charge is -2.36. The maximum atomic E-state index is 12.2. The van der Waals surface area contributed by atoms with Gasteiger partial charge in [0.05, 0.1) is 6.61 Å². The van der Waals surface area contributed by atoms with Crippen molar-refractivity contribution in [2.24, 2.45) is 0 Å². The van der Waals surface area contributed by atoms with Crippen LogP contribution in [0.4, 0.5) is 0 Å². The van der Waals surface area contributed by atoms with Crippen LogP contribution in [0.25, 0.3) is 0 Å². The Morgan fingerprint density at radius 1 is 1.17 bits per heavy atom. The number of ether oxygens (including phenoxy) is 5. The first-order chi connectivity index (χ1) is 11.4. The number of benzene rings is 1. The zero-order valence-corrected chi connectivity index (χ0v) is 13.8. The van der Waals surface area contributed by atoms with Crippen molar-refractivity contribution in [1.29, 1.82) is 0 Å². The monoisotopic (exact) mass is 336 g/mol. The Hall–Kier alpha value is -1.80. The smallest absolute Gasteiger partial charge is 0.380 e. The molecule has 2 saturated heterocycles. The second-order valence-electron chi connectivity index (χ2n) is 6.14. The normalized spacial score (nSPS) is 31.3. The van der Waals surface area contributed by atoms with E-state index in [-0.39, 0.29) is 12.2 Å². The molecule has 7 heteroatoms. The molecule has 1 aromatic rings. The zero-order chi connectivity index (χ0) is 17.3. The number of esters is 1. The summed E-state index contributed by atoms with van der Waals surface area (Å²) in [4.78, 5) is 24.4. The highest BCUT2D eigenvalue weighted by molar-refractivity contribution is 6.40. The van der Waals surface area contributed by atoms with E-state index in [2.05, 4.69) is 0 Å². The third-order valence-corrected chi connectivity index (χ3v) is 3.94. The van der Waals surface area contributed by atoms with E-state index >= 15 is 0 Å². The van der Waals surface area contributed by atoms with E-state index in [9.17, 15) is 9.59 Å². The maximum absolute atomic E-state index is 12.2. The van der Waals surface area contributed by atoms with E-state index in [0.29, 0.717) is 0 Å². The van der Waals surface area contributed by atoms with Crippen molar-refractivity contribution in [3.05, 3.63) is 35.9 Å².